The zero-order valence-corrected chi connectivity index (χ0v) is 13.3. The van der Waals surface area contributed by atoms with Crippen LogP contribution in [0.15, 0.2) is 24.3 Å². The van der Waals surface area contributed by atoms with Crippen LogP contribution in [0.3, 0.4) is 0 Å². The van der Waals surface area contributed by atoms with Crippen LogP contribution < -0.4 is 0 Å². The Bertz CT molecular complexity index is 538. The average molecular weight is 403 g/mol. The number of carboxylic acid groups (broad SMARTS) is 1. The van der Waals surface area contributed by atoms with Crippen LogP contribution in [0.25, 0.3) is 0 Å². The molecule has 1 aliphatic heterocycles. The van der Waals surface area contributed by atoms with Crippen molar-refractivity contribution in [2.45, 2.75) is 23.2 Å². The van der Waals surface area contributed by atoms with Gasteiger partial charge >= 0.3 is 5.97 Å². The Hall–Kier alpha value is -1.68. The van der Waals surface area contributed by atoms with E-state index in [0.29, 0.717) is 5.56 Å². The molecular weight excluding hydrogens is 389 g/mol. The summed E-state index contributed by atoms with van der Waals surface area (Å²) >= 11 is 1.86. The van der Waals surface area contributed by atoms with Crippen LogP contribution in [0.2, 0.25) is 0 Å². The Morgan fingerprint density at radius 3 is 1.90 bits per heavy atom. The summed E-state index contributed by atoms with van der Waals surface area (Å²) in [5.41, 5.74) is 0.665. The summed E-state index contributed by atoms with van der Waals surface area (Å²) in [4.78, 5) is 31.3. The van der Waals surface area contributed by atoms with Gasteiger partial charge in [-0.2, -0.15) is 5.06 Å². The number of halogens is 1. The molecule has 3 N–H and O–H groups in total. The number of nitrogens with zero attached hydrogens (tertiary/aromatic N) is 1. The maximum absolute atomic E-state index is 10.8. The van der Waals surface area contributed by atoms with Crippen LogP contribution in [0.4, 0.5) is 0 Å². The highest BCUT2D eigenvalue weighted by molar-refractivity contribution is 14.1. The van der Waals surface area contributed by atoms with E-state index in [1.165, 1.54) is 12.1 Å². The van der Waals surface area contributed by atoms with Crippen molar-refractivity contribution in [1.29, 1.82) is 0 Å². The third kappa shape index (κ3) is 4.39. The summed E-state index contributed by atoms with van der Waals surface area (Å²) in [6.07, 6.45) is 0.296. The first kappa shape index (κ1) is 17.4. The van der Waals surface area contributed by atoms with Gasteiger partial charge in [-0.3, -0.25) is 19.6 Å². The molecule has 1 atom stereocenters. The molecule has 21 heavy (non-hydrogen) atoms. The lowest BCUT2D eigenvalue weighted by Gasteiger charge is -2.17. The zero-order valence-electron chi connectivity index (χ0n) is 11.1. The predicted molar refractivity (Wildman–Crippen MR) is 80.0 cm³/mol. The summed E-state index contributed by atoms with van der Waals surface area (Å²) in [6, 6.07) is 6.18. The number of phenolic OH excluding ortho intramolecular Hbond substituents is 1. The van der Waals surface area contributed by atoms with E-state index in [4.69, 9.17) is 15.4 Å². The average Bonchev–Trinajstić information content (AvgIpc) is 2.71. The highest BCUT2D eigenvalue weighted by Gasteiger charge is 2.31. The number of phenols is 1. The van der Waals surface area contributed by atoms with Crippen LogP contribution >= 0.6 is 22.6 Å². The molecule has 0 spiro atoms. The van der Waals surface area contributed by atoms with Crippen LogP contribution in [-0.2, 0) is 17.8 Å². The zero-order chi connectivity index (χ0) is 16.2. The van der Waals surface area contributed by atoms with Crippen molar-refractivity contribution in [1.82, 2.24) is 5.06 Å². The second-order valence-corrected chi connectivity index (χ2v) is 6.61. The van der Waals surface area contributed by atoms with E-state index >= 15 is 0 Å². The summed E-state index contributed by atoms with van der Waals surface area (Å²) in [5, 5.41) is 26.5. The maximum atomic E-state index is 10.8. The number of benzene rings is 1. The van der Waals surface area contributed by atoms with Crippen LogP contribution in [0.5, 0.6) is 5.75 Å². The number of hydrogen-bond donors (Lipinski definition) is 3. The van der Waals surface area contributed by atoms with Crippen molar-refractivity contribution in [3.8, 4) is 5.75 Å². The van der Waals surface area contributed by atoms with Gasteiger partial charge in [-0.15, -0.1) is 0 Å². The first-order valence-electron chi connectivity index (χ1n) is 5.92. The predicted octanol–water partition coefficient (Wildman–Crippen LogP) is 1.65. The molecule has 0 radical (unpaired) electrons. The number of alkyl halides is 1. The number of hydroxylamine groups is 2. The Labute approximate surface area is 134 Å². The highest BCUT2D eigenvalue weighted by atomic mass is 123. The monoisotopic (exact) mass is 403 g/mol. The van der Waals surface area contributed by atoms with E-state index in [0.717, 1.165) is 0 Å². The van der Waals surface area contributed by atoms with Gasteiger partial charge in [-0.05, 0) is 24.6 Å². The SMILES string of the molecule is CC([123I])(C(=O)O)c1ccc(O)cc1.O=C1CCC(=O)N1O. The minimum atomic E-state index is -0.939. The van der Waals surface area contributed by atoms with Gasteiger partial charge < -0.3 is 10.2 Å². The summed E-state index contributed by atoms with van der Waals surface area (Å²) < 4.78 is -0.939. The molecule has 2 amide bonds. The smallest absolute Gasteiger partial charge is 0.323 e. The summed E-state index contributed by atoms with van der Waals surface area (Å²) in [6.45, 7) is 1.61. The molecule has 0 aromatic heterocycles. The normalized spacial score (nSPS) is 17.0. The number of imide groups is 1. The van der Waals surface area contributed by atoms with Crippen LogP contribution in [0, 0.1) is 0 Å². The molecular formula is C13H14INO6. The third-order valence-electron chi connectivity index (χ3n) is 2.84. The highest BCUT2D eigenvalue weighted by Crippen LogP contribution is 2.32. The number of carboxylic acids is 1. The fourth-order valence-corrected chi connectivity index (χ4v) is 1.82. The van der Waals surface area contributed by atoms with Gasteiger partial charge in [0.1, 0.15) is 9.17 Å². The summed E-state index contributed by atoms with van der Waals surface area (Å²) in [7, 11) is 0. The van der Waals surface area contributed by atoms with E-state index in [1.54, 1.807) is 19.1 Å². The van der Waals surface area contributed by atoms with Crippen molar-refractivity contribution in [2.24, 2.45) is 0 Å². The lowest BCUT2D eigenvalue weighted by molar-refractivity contribution is -0.171. The molecule has 1 unspecified atom stereocenters. The number of amides is 2. The Balaban J connectivity index is 0.000000235. The van der Waals surface area contributed by atoms with Gasteiger partial charge in [-0.25, -0.2) is 0 Å². The minimum absolute atomic E-state index is 0.140. The van der Waals surface area contributed by atoms with Gasteiger partial charge in [0.2, 0.25) is 0 Å². The fourth-order valence-electron chi connectivity index (χ4n) is 1.46. The van der Waals surface area contributed by atoms with Crippen molar-refractivity contribution in [3.63, 3.8) is 0 Å². The molecule has 0 bridgehead atoms. The van der Waals surface area contributed by atoms with Crippen molar-refractivity contribution < 1.29 is 29.8 Å². The van der Waals surface area contributed by atoms with Gasteiger partial charge in [0.25, 0.3) is 11.8 Å². The number of aliphatic carboxylic acids is 1. The molecule has 1 aromatic carbocycles. The topological polar surface area (TPSA) is 115 Å². The molecule has 114 valence electrons. The first-order chi connectivity index (χ1) is 9.66. The number of carbonyl (C=O) groups is 3. The van der Waals surface area contributed by atoms with E-state index in [2.05, 4.69) is 0 Å². The van der Waals surface area contributed by atoms with Crippen LogP contribution in [0.1, 0.15) is 25.3 Å². The van der Waals surface area contributed by atoms with E-state index < -0.39 is 21.2 Å². The molecule has 2 rings (SSSR count). The van der Waals surface area contributed by atoms with Gasteiger partial charge in [0.15, 0.2) is 0 Å². The van der Waals surface area contributed by atoms with Crippen molar-refractivity contribution in [3.05, 3.63) is 29.8 Å². The minimum Gasteiger partial charge on any atom is -0.508 e. The number of aromatic hydroxyl groups is 1. The second kappa shape index (κ2) is 6.85. The quantitative estimate of drug-likeness (QED) is 0.300. The fraction of sp³-hybridized carbons (Fsp3) is 0.308. The Morgan fingerprint density at radius 1 is 1.19 bits per heavy atom. The lowest BCUT2D eigenvalue weighted by atomic mass is 10.0. The summed E-state index contributed by atoms with van der Waals surface area (Å²) in [5.74, 6) is -1.76. The van der Waals surface area contributed by atoms with Crippen molar-refractivity contribution >= 4 is 40.4 Å². The van der Waals surface area contributed by atoms with Gasteiger partial charge in [-0.1, -0.05) is 34.7 Å². The second-order valence-electron chi connectivity index (χ2n) is 4.45. The molecule has 8 heteroatoms. The van der Waals surface area contributed by atoms with Crippen LogP contribution in [-0.4, -0.2) is 38.3 Å². The Kier molecular flexibility index (Phi) is 5.67. The first-order valence-corrected chi connectivity index (χ1v) is 7.00. The lowest BCUT2D eigenvalue weighted by Crippen LogP contribution is -2.24. The maximum Gasteiger partial charge on any atom is 0.323 e. The molecule has 1 aliphatic rings. The van der Waals surface area contributed by atoms with Gasteiger partial charge in [0, 0.05) is 12.8 Å². The number of carbonyl (C=O) groups excluding carboxylic acids is 2. The molecule has 1 heterocycles. The third-order valence-corrected chi connectivity index (χ3v) is 3.92. The number of hydrogen-bond acceptors (Lipinski definition) is 5. The molecule has 1 aromatic rings. The molecule has 7 nitrogen and oxygen atoms in total. The van der Waals surface area contributed by atoms with E-state index in [9.17, 15) is 14.4 Å². The standard InChI is InChI=1S/C9H9IO3.C4H5NO3/c1-9(10,8(12)13)6-2-4-7(11)5-3-6;6-3-1-2-4(7)5(3)8/h2-5,11H,1H3,(H,12,13);8H,1-2H2/i10-4;. The molecule has 1 saturated heterocycles. The molecule has 1 fully saturated rings. The van der Waals surface area contributed by atoms with Crippen molar-refractivity contribution in [2.75, 3.05) is 0 Å². The largest absolute Gasteiger partial charge is 0.508 e. The molecule has 0 aliphatic carbocycles. The Morgan fingerprint density at radius 2 is 1.62 bits per heavy atom. The van der Waals surface area contributed by atoms with E-state index in [1.807, 2.05) is 22.6 Å². The number of rotatable bonds is 2. The van der Waals surface area contributed by atoms with Gasteiger partial charge in [0.05, 0.1) is 0 Å². The molecule has 0 saturated carbocycles. The van der Waals surface area contributed by atoms with E-state index in [-0.39, 0.29) is 23.7 Å².